The second-order valence-corrected chi connectivity index (χ2v) is 4.82. The van der Waals surface area contributed by atoms with Crippen LogP contribution in [0.5, 0.6) is 0 Å². The predicted octanol–water partition coefficient (Wildman–Crippen LogP) is 2.75. The molecule has 19 heavy (non-hydrogen) atoms. The summed E-state index contributed by atoms with van der Waals surface area (Å²) in [6.45, 7) is 4.32. The highest BCUT2D eigenvalue weighted by atomic mass is 15.1. The van der Waals surface area contributed by atoms with E-state index in [9.17, 15) is 0 Å². The first-order valence-electron chi connectivity index (χ1n) is 6.51. The number of nitrogens with one attached hydrogen (secondary N) is 1. The van der Waals surface area contributed by atoms with Gasteiger partial charge in [0.05, 0.1) is 16.8 Å². The van der Waals surface area contributed by atoms with Gasteiger partial charge < -0.3 is 10.6 Å². The van der Waals surface area contributed by atoms with E-state index in [1.807, 2.05) is 31.3 Å². The summed E-state index contributed by atoms with van der Waals surface area (Å²) in [5.74, 6) is 0.0587. The highest BCUT2D eigenvalue weighted by Crippen LogP contribution is 2.30. The lowest BCUT2D eigenvalue weighted by atomic mass is 10.1. The average Bonchev–Trinajstić information content (AvgIpc) is 2.44. The smallest absolute Gasteiger partial charge is 0.126 e. The van der Waals surface area contributed by atoms with Crippen LogP contribution in [0, 0.1) is 5.41 Å². The minimum Gasteiger partial charge on any atom is -0.384 e. The Morgan fingerprint density at radius 3 is 2.74 bits per heavy atom. The number of anilines is 1. The number of para-hydroxylation sites is 1. The topological polar surface area (TPSA) is 66.0 Å². The lowest BCUT2D eigenvalue weighted by molar-refractivity contribution is 0.665. The maximum atomic E-state index is 7.75. The number of hydrogen-bond donors (Lipinski definition) is 2. The molecule has 100 valence electrons. The third-order valence-electron chi connectivity index (χ3n) is 3.64. The zero-order valence-electron chi connectivity index (χ0n) is 11.6. The van der Waals surface area contributed by atoms with E-state index in [4.69, 9.17) is 11.1 Å². The summed E-state index contributed by atoms with van der Waals surface area (Å²) in [6.07, 6.45) is 2.73. The van der Waals surface area contributed by atoms with Crippen molar-refractivity contribution >= 4 is 22.4 Å². The molecular weight excluding hydrogens is 236 g/mol. The largest absolute Gasteiger partial charge is 0.384 e. The first-order valence-corrected chi connectivity index (χ1v) is 6.51. The maximum absolute atomic E-state index is 7.75. The molecule has 0 saturated heterocycles. The molecule has 0 bridgehead atoms. The average molecular weight is 256 g/mol. The van der Waals surface area contributed by atoms with Gasteiger partial charge in [0, 0.05) is 24.7 Å². The molecule has 1 unspecified atom stereocenters. The SMILES string of the molecule is CCC(C)N(C)c1c(C(=N)N)cnc2ccccc12. The fourth-order valence-electron chi connectivity index (χ4n) is 2.20. The summed E-state index contributed by atoms with van der Waals surface area (Å²) >= 11 is 0. The molecule has 0 amide bonds. The molecular formula is C15H20N4. The fraction of sp³-hybridized carbons (Fsp3) is 0.333. The summed E-state index contributed by atoms with van der Waals surface area (Å²) < 4.78 is 0. The lowest BCUT2D eigenvalue weighted by Gasteiger charge is -2.29. The van der Waals surface area contributed by atoms with E-state index in [1.54, 1.807) is 6.20 Å². The summed E-state index contributed by atoms with van der Waals surface area (Å²) in [6, 6.07) is 8.34. The molecule has 0 radical (unpaired) electrons. The first-order chi connectivity index (χ1) is 9.06. The normalized spacial score (nSPS) is 12.4. The number of hydrogen-bond acceptors (Lipinski definition) is 3. The summed E-state index contributed by atoms with van der Waals surface area (Å²) in [5, 5.41) is 8.79. The van der Waals surface area contributed by atoms with Crippen LogP contribution in [-0.4, -0.2) is 23.9 Å². The second kappa shape index (κ2) is 5.26. The number of nitrogens with zero attached hydrogens (tertiary/aromatic N) is 2. The molecule has 0 spiro atoms. The van der Waals surface area contributed by atoms with E-state index < -0.39 is 0 Å². The molecule has 0 aliphatic carbocycles. The van der Waals surface area contributed by atoms with E-state index >= 15 is 0 Å². The standard InChI is InChI=1S/C15H20N4/c1-4-10(2)19(3)14-11-7-5-6-8-13(11)18-9-12(14)15(16)17/h5-10H,4H2,1-3H3,(H3,16,17). The van der Waals surface area contributed by atoms with Gasteiger partial charge in [0.2, 0.25) is 0 Å². The van der Waals surface area contributed by atoms with Crippen molar-refractivity contribution in [3.63, 3.8) is 0 Å². The van der Waals surface area contributed by atoms with Crippen molar-refractivity contribution in [3.8, 4) is 0 Å². The van der Waals surface area contributed by atoms with Gasteiger partial charge in [-0.2, -0.15) is 0 Å². The quantitative estimate of drug-likeness (QED) is 0.653. The van der Waals surface area contributed by atoms with Crippen LogP contribution in [0.3, 0.4) is 0 Å². The number of nitrogen functional groups attached to an aromatic ring is 1. The van der Waals surface area contributed by atoms with Gasteiger partial charge in [-0.3, -0.25) is 10.4 Å². The Balaban J connectivity index is 2.72. The van der Waals surface area contributed by atoms with E-state index in [2.05, 4.69) is 23.7 Å². The van der Waals surface area contributed by atoms with Crippen molar-refractivity contribution in [2.75, 3.05) is 11.9 Å². The Morgan fingerprint density at radius 1 is 1.42 bits per heavy atom. The molecule has 4 heteroatoms. The minimum absolute atomic E-state index is 0.0587. The highest BCUT2D eigenvalue weighted by molar-refractivity contribution is 6.07. The fourth-order valence-corrected chi connectivity index (χ4v) is 2.20. The van der Waals surface area contributed by atoms with Gasteiger partial charge in [0.15, 0.2) is 0 Å². The third-order valence-corrected chi connectivity index (χ3v) is 3.64. The van der Waals surface area contributed by atoms with Crippen LogP contribution >= 0.6 is 0 Å². The second-order valence-electron chi connectivity index (χ2n) is 4.82. The van der Waals surface area contributed by atoms with Crippen LogP contribution in [0.25, 0.3) is 10.9 Å². The van der Waals surface area contributed by atoms with E-state index in [0.29, 0.717) is 11.6 Å². The van der Waals surface area contributed by atoms with Crippen molar-refractivity contribution in [2.24, 2.45) is 5.73 Å². The van der Waals surface area contributed by atoms with Crippen molar-refractivity contribution < 1.29 is 0 Å². The summed E-state index contributed by atoms with van der Waals surface area (Å²) in [5.41, 5.74) is 8.32. The van der Waals surface area contributed by atoms with Crippen LogP contribution in [-0.2, 0) is 0 Å². The molecule has 2 aromatic rings. The van der Waals surface area contributed by atoms with Crippen molar-refractivity contribution in [3.05, 3.63) is 36.0 Å². The maximum Gasteiger partial charge on any atom is 0.126 e. The molecule has 0 aliphatic rings. The number of amidine groups is 1. The number of nitrogens with two attached hydrogens (primary N) is 1. The zero-order valence-corrected chi connectivity index (χ0v) is 11.6. The molecule has 1 aromatic carbocycles. The Hall–Kier alpha value is -2.10. The van der Waals surface area contributed by atoms with Gasteiger partial charge in [-0.15, -0.1) is 0 Å². The van der Waals surface area contributed by atoms with E-state index in [-0.39, 0.29) is 5.84 Å². The van der Waals surface area contributed by atoms with Gasteiger partial charge >= 0.3 is 0 Å². The Morgan fingerprint density at radius 2 is 2.11 bits per heavy atom. The third kappa shape index (κ3) is 2.38. The van der Waals surface area contributed by atoms with Crippen LogP contribution in [0.1, 0.15) is 25.8 Å². The molecule has 1 heterocycles. The number of pyridine rings is 1. The van der Waals surface area contributed by atoms with Gasteiger partial charge in [-0.1, -0.05) is 25.1 Å². The van der Waals surface area contributed by atoms with E-state index in [0.717, 1.165) is 23.0 Å². The molecule has 1 atom stereocenters. The molecule has 1 aromatic heterocycles. The summed E-state index contributed by atoms with van der Waals surface area (Å²) in [4.78, 5) is 6.56. The van der Waals surface area contributed by atoms with Gasteiger partial charge in [-0.05, 0) is 19.4 Å². The summed E-state index contributed by atoms with van der Waals surface area (Å²) in [7, 11) is 2.04. The first kappa shape index (κ1) is 13.3. The molecule has 2 rings (SSSR count). The van der Waals surface area contributed by atoms with Crippen LogP contribution in [0.15, 0.2) is 30.5 Å². The van der Waals surface area contributed by atoms with Crippen LogP contribution in [0.4, 0.5) is 5.69 Å². The van der Waals surface area contributed by atoms with Gasteiger partial charge in [-0.25, -0.2) is 0 Å². The Bertz CT molecular complexity index is 606. The zero-order chi connectivity index (χ0) is 14.0. The molecule has 4 nitrogen and oxygen atoms in total. The number of aromatic nitrogens is 1. The monoisotopic (exact) mass is 256 g/mol. The van der Waals surface area contributed by atoms with Crippen LogP contribution < -0.4 is 10.6 Å². The number of rotatable bonds is 4. The Labute approximate surface area is 113 Å². The highest BCUT2D eigenvalue weighted by Gasteiger charge is 2.17. The van der Waals surface area contributed by atoms with Crippen molar-refractivity contribution in [2.45, 2.75) is 26.3 Å². The molecule has 3 N–H and O–H groups in total. The van der Waals surface area contributed by atoms with Gasteiger partial charge in [0.1, 0.15) is 5.84 Å². The van der Waals surface area contributed by atoms with Crippen LogP contribution in [0.2, 0.25) is 0 Å². The van der Waals surface area contributed by atoms with Crippen molar-refractivity contribution in [1.29, 1.82) is 5.41 Å². The number of benzene rings is 1. The van der Waals surface area contributed by atoms with E-state index in [1.165, 1.54) is 0 Å². The van der Waals surface area contributed by atoms with Crippen molar-refractivity contribution in [1.82, 2.24) is 4.98 Å². The van der Waals surface area contributed by atoms with Gasteiger partial charge in [0.25, 0.3) is 0 Å². The minimum atomic E-state index is 0.0587. The predicted molar refractivity (Wildman–Crippen MR) is 80.9 cm³/mol. The Kier molecular flexibility index (Phi) is 3.69. The molecule has 0 aliphatic heterocycles. The molecule has 0 saturated carbocycles. The lowest BCUT2D eigenvalue weighted by Crippen LogP contribution is -2.30. The molecule has 0 fully saturated rings. The number of fused-ring (bicyclic) bond motifs is 1.